The first-order valence-corrected chi connectivity index (χ1v) is 7.55. The molecule has 0 aliphatic carbocycles. The summed E-state index contributed by atoms with van der Waals surface area (Å²) >= 11 is 0. The molecular weight excluding hydrogens is 252 g/mol. The largest absolute Gasteiger partial charge is 0.465 e. The Labute approximate surface area is 120 Å². The maximum Gasteiger partial charge on any atom is 0.222 e. The summed E-state index contributed by atoms with van der Waals surface area (Å²) in [6.45, 7) is 4.02. The lowest BCUT2D eigenvalue weighted by Crippen LogP contribution is -2.48. The van der Waals surface area contributed by atoms with Crippen LogP contribution < -0.4 is 0 Å². The fourth-order valence-electron chi connectivity index (χ4n) is 3.21. The molecule has 1 aromatic heterocycles. The molecule has 2 aliphatic rings. The molecule has 4 heteroatoms. The Kier molecular flexibility index (Phi) is 4.21. The minimum Gasteiger partial charge on any atom is -0.465 e. The number of amides is 1. The molecule has 0 spiro atoms. The highest BCUT2D eigenvalue weighted by atomic mass is 16.3. The number of nitrogens with zero attached hydrogens (tertiary/aromatic N) is 2. The number of hydrogen-bond acceptors (Lipinski definition) is 3. The average Bonchev–Trinajstić information content (AvgIpc) is 3.11. The second-order valence-electron chi connectivity index (χ2n) is 5.66. The first-order valence-electron chi connectivity index (χ1n) is 7.55. The Morgan fingerprint density at radius 3 is 3.05 bits per heavy atom. The molecule has 4 nitrogen and oxygen atoms in total. The van der Waals surface area contributed by atoms with Gasteiger partial charge in [-0.25, -0.2) is 0 Å². The molecule has 3 heterocycles. The maximum atomic E-state index is 11.8. The number of furan rings is 1. The minimum atomic E-state index is 0.350. The number of carbonyl (C=O) groups is 1. The molecule has 3 rings (SSSR count). The van der Waals surface area contributed by atoms with Gasteiger partial charge in [-0.3, -0.25) is 9.69 Å². The molecule has 1 amide bonds. The van der Waals surface area contributed by atoms with Gasteiger partial charge in [-0.1, -0.05) is 6.08 Å². The first kappa shape index (κ1) is 13.4. The third-order valence-corrected chi connectivity index (χ3v) is 4.22. The van der Waals surface area contributed by atoms with Crippen LogP contribution in [0.25, 0.3) is 6.08 Å². The zero-order chi connectivity index (χ0) is 13.8. The minimum absolute atomic E-state index is 0.350. The van der Waals surface area contributed by atoms with Crippen molar-refractivity contribution in [3.05, 3.63) is 30.2 Å². The second-order valence-corrected chi connectivity index (χ2v) is 5.66. The van der Waals surface area contributed by atoms with Gasteiger partial charge in [-0.15, -0.1) is 0 Å². The maximum absolute atomic E-state index is 11.8. The lowest BCUT2D eigenvalue weighted by Gasteiger charge is -2.37. The monoisotopic (exact) mass is 274 g/mol. The molecule has 0 radical (unpaired) electrons. The van der Waals surface area contributed by atoms with E-state index in [1.165, 1.54) is 6.42 Å². The zero-order valence-electron chi connectivity index (χ0n) is 11.8. The number of hydrogen-bond donors (Lipinski definition) is 0. The Balaban J connectivity index is 1.51. The van der Waals surface area contributed by atoms with Crippen LogP contribution in [0.2, 0.25) is 0 Å². The van der Waals surface area contributed by atoms with Crippen molar-refractivity contribution < 1.29 is 9.21 Å². The van der Waals surface area contributed by atoms with E-state index in [0.29, 0.717) is 11.9 Å². The van der Waals surface area contributed by atoms with E-state index >= 15 is 0 Å². The van der Waals surface area contributed by atoms with Crippen LogP contribution in [-0.4, -0.2) is 47.9 Å². The molecule has 2 saturated heterocycles. The molecule has 1 aromatic rings. The van der Waals surface area contributed by atoms with Crippen molar-refractivity contribution in [1.29, 1.82) is 0 Å². The van der Waals surface area contributed by atoms with Crippen molar-refractivity contribution in [1.82, 2.24) is 9.80 Å². The van der Waals surface area contributed by atoms with E-state index in [1.54, 1.807) is 6.26 Å². The van der Waals surface area contributed by atoms with E-state index in [2.05, 4.69) is 15.9 Å². The molecule has 2 aliphatic heterocycles. The van der Waals surface area contributed by atoms with Crippen LogP contribution in [0.3, 0.4) is 0 Å². The van der Waals surface area contributed by atoms with Gasteiger partial charge in [-0.2, -0.15) is 0 Å². The topological polar surface area (TPSA) is 36.7 Å². The summed E-state index contributed by atoms with van der Waals surface area (Å²) in [7, 11) is 0. The summed E-state index contributed by atoms with van der Waals surface area (Å²) in [4.78, 5) is 16.4. The summed E-state index contributed by atoms with van der Waals surface area (Å²) in [6.07, 6.45) is 9.98. The van der Waals surface area contributed by atoms with Gasteiger partial charge in [0.05, 0.1) is 6.26 Å². The van der Waals surface area contributed by atoms with Crippen LogP contribution >= 0.6 is 0 Å². The van der Waals surface area contributed by atoms with E-state index in [0.717, 1.165) is 51.2 Å². The van der Waals surface area contributed by atoms with Crippen LogP contribution in [0.15, 0.2) is 28.9 Å². The van der Waals surface area contributed by atoms with E-state index in [9.17, 15) is 4.79 Å². The molecular formula is C16H22N2O2. The number of likely N-dealkylation sites (tertiary alicyclic amines) is 2. The first-order chi connectivity index (χ1) is 9.83. The van der Waals surface area contributed by atoms with E-state index in [-0.39, 0.29) is 0 Å². The third kappa shape index (κ3) is 3.12. The normalized spacial score (nSPS) is 24.9. The van der Waals surface area contributed by atoms with Crippen molar-refractivity contribution >= 4 is 12.0 Å². The van der Waals surface area contributed by atoms with Gasteiger partial charge in [0.15, 0.2) is 0 Å². The van der Waals surface area contributed by atoms with Gasteiger partial charge < -0.3 is 9.32 Å². The lowest BCUT2D eigenvalue weighted by molar-refractivity contribution is -0.130. The van der Waals surface area contributed by atoms with Crippen LogP contribution in [0.1, 0.15) is 31.4 Å². The molecule has 0 bridgehead atoms. The van der Waals surface area contributed by atoms with Crippen LogP contribution in [0.4, 0.5) is 0 Å². The summed E-state index contributed by atoms with van der Waals surface area (Å²) in [6, 6.07) is 4.28. The van der Waals surface area contributed by atoms with Crippen LogP contribution in [-0.2, 0) is 4.79 Å². The Morgan fingerprint density at radius 2 is 2.30 bits per heavy atom. The summed E-state index contributed by atoms with van der Waals surface area (Å²) < 4.78 is 5.28. The highest BCUT2D eigenvalue weighted by Crippen LogP contribution is 2.21. The lowest BCUT2D eigenvalue weighted by atomic mass is 10.0. The van der Waals surface area contributed by atoms with E-state index in [4.69, 9.17) is 4.42 Å². The van der Waals surface area contributed by atoms with Crippen molar-refractivity contribution in [2.45, 2.75) is 31.7 Å². The second kappa shape index (κ2) is 6.27. The van der Waals surface area contributed by atoms with Gasteiger partial charge >= 0.3 is 0 Å². The Bertz CT molecular complexity index is 467. The predicted octanol–water partition coefficient (Wildman–Crippen LogP) is 2.38. The molecule has 0 N–H and O–H groups in total. The number of piperidine rings is 1. The van der Waals surface area contributed by atoms with Gasteiger partial charge in [0.1, 0.15) is 5.76 Å². The molecule has 2 fully saturated rings. The SMILES string of the molecule is O=C1CCCN1C1CCCN(C/C=C/c2ccco2)C1. The number of carbonyl (C=O) groups excluding carboxylic acids is 1. The molecule has 108 valence electrons. The zero-order valence-corrected chi connectivity index (χ0v) is 11.8. The van der Waals surface area contributed by atoms with E-state index in [1.807, 2.05) is 18.2 Å². The summed E-state index contributed by atoms with van der Waals surface area (Å²) in [5.41, 5.74) is 0. The summed E-state index contributed by atoms with van der Waals surface area (Å²) in [5.74, 6) is 1.25. The van der Waals surface area contributed by atoms with Gasteiger partial charge in [0.2, 0.25) is 5.91 Å². The Hall–Kier alpha value is -1.55. The van der Waals surface area contributed by atoms with E-state index < -0.39 is 0 Å². The average molecular weight is 274 g/mol. The summed E-state index contributed by atoms with van der Waals surface area (Å²) in [5, 5.41) is 0. The van der Waals surface area contributed by atoms with Gasteiger partial charge in [-0.05, 0) is 44.0 Å². The fourth-order valence-corrected chi connectivity index (χ4v) is 3.21. The third-order valence-electron chi connectivity index (χ3n) is 4.22. The van der Waals surface area contributed by atoms with Crippen molar-refractivity contribution in [2.24, 2.45) is 0 Å². The van der Waals surface area contributed by atoms with Crippen molar-refractivity contribution in [2.75, 3.05) is 26.2 Å². The standard InChI is InChI=1S/C16H22N2O2/c19-16-8-3-11-18(16)14-5-1-9-17(13-14)10-2-6-15-7-4-12-20-15/h2,4,6-7,12,14H,1,3,5,8-11,13H2/b6-2+. The molecule has 0 saturated carbocycles. The fraction of sp³-hybridized carbons (Fsp3) is 0.562. The molecule has 1 atom stereocenters. The smallest absolute Gasteiger partial charge is 0.222 e. The molecule has 20 heavy (non-hydrogen) atoms. The van der Waals surface area contributed by atoms with Crippen molar-refractivity contribution in [3.63, 3.8) is 0 Å². The quantitative estimate of drug-likeness (QED) is 0.846. The van der Waals surface area contributed by atoms with Crippen LogP contribution in [0, 0.1) is 0 Å². The van der Waals surface area contributed by atoms with Gasteiger partial charge in [0, 0.05) is 32.1 Å². The Morgan fingerprint density at radius 1 is 1.35 bits per heavy atom. The highest BCUT2D eigenvalue weighted by Gasteiger charge is 2.30. The number of rotatable bonds is 4. The predicted molar refractivity (Wildman–Crippen MR) is 78.2 cm³/mol. The van der Waals surface area contributed by atoms with Crippen LogP contribution in [0.5, 0.6) is 0 Å². The molecule has 0 aromatic carbocycles. The molecule has 1 unspecified atom stereocenters. The van der Waals surface area contributed by atoms with Crippen molar-refractivity contribution in [3.8, 4) is 0 Å². The van der Waals surface area contributed by atoms with Gasteiger partial charge in [0.25, 0.3) is 0 Å². The highest BCUT2D eigenvalue weighted by molar-refractivity contribution is 5.78.